The van der Waals surface area contributed by atoms with Crippen molar-refractivity contribution in [2.45, 2.75) is 65.5 Å². The van der Waals surface area contributed by atoms with Crippen LogP contribution in [0.25, 0.3) is 44.5 Å². The third-order valence-corrected chi connectivity index (χ3v) is 11.5. The molecule has 0 aliphatic carbocycles. The van der Waals surface area contributed by atoms with Crippen LogP contribution < -0.4 is 20.1 Å². The van der Waals surface area contributed by atoms with Gasteiger partial charge in [-0.3, -0.25) is 0 Å². The van der Waals surface area contributed by atoms with Crippen molar-refractivity contribution in [3.8, 4) is 61.8 Å². The van der Waals surface area contributed by atoms with E-state index in [1.54, 1.807) is 7.11 Å². The topological polar surface area (TPSA) is 38.7 Å². The molecule has 0 aliphatic heterocycles. The van der Waals surface area contributed by atoms with Crippen LogP contribution in [0.1, 0.15) is 81.5 Å². The van der Waals surface area contributed by atoms with Crippen LogP contribution in [-0.4, -0.2) is 19.3 Å². The first-order valence-electron chi connectivity index (χ1n) is 18.6. The Balaban J connectivity index is 1.64. The Hall–Kier alpha value is -5.06. The Morgan fingerprint density at radius 3 is 1.56 bits per heavy atom. The number of ether oxygens (including phenoxy) is 2. The van der Waals surface area contributed by atoms with Crippen LogP contribution in [0, 0.1) is 0 Å². The number of benzene rings is 6. The summed E-state index contributed by atoms with van der Waals surface area (Å²) in [5.74, 6) is 0.929. The molecule has 0 aliphatic rings. The van der Waals surface area contributed by atoms with Crippen molar-refractivity contribution >= 4 is 19.2 Å². The van der Waals surface area contributed by atoms with E-state index in [-0.39, 0.29) is 34.4 Å². The van der Waals surface area contributed by atoms with Crippen molar-refractivity contribution in [3.05, 3.63) is 138 Å². The Morgan fingerprint density at radius 2 is 1.11 bits per heavy atom. The van der Waals surface area contributed by atoms with E-state index in [0.717, 1.165) is 62.2 Å². The number of alkyl halides is 3. The minimum absolute atomic E-state index is 0.00796. The molecule has 1 atom stereocenters. The number of hydrogen-bond donors (Lipinski definition) is 1. The van der Waals surface area contributed by atoms with Gasteiger partial charge in [0, 0.05) is 22.0 Å². The average Bonchev–Trinajstić information content (AvgIpc) is 3.17. The maximum absolute atomic E-state index is 14.9. The molecule has 0 aromatic heterocycles. The minimum atomic E-state index is -4.66. The fourth-order valence-corrected chi connectivity index (χ4v) is 8.72. The van der Waals surface area contributed by atoms with Crippen molar-refractivity contribution in [2.24, 2.45) is 0 Å². The molecule has 3 nitrogen and oxygen atoms in total. The molecule has 0 bridgehead atoms. The van der Waals surface area contributed by atoms with Crippen molar-refractivity contribution in [3.63, 3.8) is 0 Å². The van der Waals surface area contributed by atoms with Crippen LogP contribution in [0.4, 0.5) is 13.2 Å². The van der Waals surface area contributed by atoms with E-state index in [2.05, 4.69) is 62.4 Å². The maximum atomic E-state index is 14.9. The fourth-order valence-electron chi connectivity index (χ4n) is 7.31. The molecule has 0 fully saturated rings. The zero-order chi connectivity index (χ0) is 39.6. The zero-order valence-corrected chi connectivity index (χ0v) is 33.6. The summed E-state index contributed by atoms with van der Waals surface area (Å²) in [7, 11) is 2.65. The smallest absolute Gasteiger partial charge is 0.416 e. The molecular formula is C48H48F3O3P. The van der Waals surface area contributed by atoms with Crippen LogP contribution >= 0.6 is 8.58 Å². The van der Waals surface area contributed by atoms with E-state index in [4.69, 9.17) is 9.47 Å². The second-order valence-electron chi connectivity index (χ2n) is 14.8. The van der Waals surface area contributed by atoms with Gasteiger partial charge >= 0.3 is 6.18 Å². The molecule has 0 heterocycles. The van der Waals surface area contributed by atoms with Gasteiger partial charge in [0.05, 0.1) is 25.1 Å². The van der Waals surface area contributed by atoms with Gasteiger partial charge in [-0.2, -0.15) is 13.2 Å². The quantitative estimate of drug-likeness (QED) is 0.134. The molecule has 6 rings (SSSR count). The molecule has 6 aromatic rings. The van der Waals surface area contributed by atoms with Gasteiger partial charge in [0.15, 0.2) is 0 Å². The molecule has 0 saturated carbocycles. The largest absolute Gasteiger partial charge is 0.507 e. The highest BCUT2D eigenvalue weighted by Gasteiger charge is 2.34. The minimum Gasteiger partial charge on any atom is -0.507 e. The second-order valence-corrected chi connectivity index (χ2v) is 16.1. The second kappa shape index (κ2) is 16.4. The van der Waals surface area contributed by atoms with E-state index in [1.807, 2.05) is 82.3 Å². The fraction of sp³-hybridized carbons (Fsp3) is 0.250. The number of phenolic OH excluding ortho intramolecular Hbond substituents is 1. The summed E-state index contributed by atoms with van der Waals surface area (Å²) in [4.78, 5) is 0. The molecule has 0 radical (unpaired) electrons. The first-order chi connectivity index (χ1) is 26.2. The summed E-state index contributed by atoms with van der Waals surface area (Å²) in [6, 6.07) is 36.4. The molecule has 0 amide bonds. The number of halogens is 3. The van der Waals surface area contributed by atoms with Crippen LogP contribution in [0.15, 0.2) is 115 Å². The first kappa shape index (κ1) is 39.6. The molecule has 6 aromatic carbocycles. The van der Waals surface area contributed by atoms with Gasteiger partial charge in [0.25, 0.3) is 0 Å². The molecule has 1 unspecified atom stereocenters. The number of methoxy groups -OCH3 is 2. The lowest BCUT2D eigenvalue weighted by Gasteiger charge is -2.25. The average molecular weight is 761 g/mol. The highest BCUT2D eigenvalue weighted by molar-refractivity contribution is 7.56. The van der Waals surface area contributed by atoms with Crippen LogP contribution in [0.2, 0.25) is 0 Å². The highest BCUT2D eigenvalue weighted by Crippen LogP contribution is 2.48. The standard InChI is InChI=1S/C48H48F3O3P/c1-28(2)33-24-38(29(3)4)44(39(25-33)30(5)6)40-26-34(48(49,50)51)27-42(45(40)52)55-47-41(53-7)23-22-37(46(47)54-8)43-35(31-16-11-9-12-17-31)20-15-21-36(43)32-18-13-10-14-19-32/h9-30,52,55H,1-8H3. The third-order valence-electron chi connectivity index (χ3n) is 10.1. The van der Waals surface area contributed by atoms with Gasteiger partial charge in [-0.1, -0.05) is 133 Å². The van der Waals surface area contributed by atoms with Crippen molar-refractivity contribution in [1.82, 2.24) is 0 Å². The summed E-state index contributed by atoms with van der Waals surface area (Å²) in [6.45, 7) is 12.4. The normalized spacial score (nSPS) is 12.0. The van der Waals surface area contributed by atoms with Gasteiger partial charge < -0.3 is 14.6 Å². The Labute approximate surface area is 325 Å². The number of hydrogen-bond acceptors (Lipinski definition) is 3. The molecule has 0 spiro atoms. The van der Waals surface area contributed by atoms with Crippen LogP contribution in [-0.2, 0) is 6.18 Å². The molecule has 0 saturated heterocycles. The lowest BCUT2D eigenvalue weighted by Crippen LogP contribution is -2.16. The SMILES string of the molecule is COc1ccc(-c2c(-c3ccccc3)cccc2-c2ccccc2)c(OC)c1Pc1cc(C(F)(F)F)cc(-c2c(C(C)C)cc(C(C)C)cc2C(C)C)c1O. The number of phenols is 1. The number of aromatic hydroxyl groups is 1. The lowest BCUT2D eigenvalue weighted by atomic mass is 9.81. The van der Waals surface area contributed by atoms with Crippen LogP contribution in [0.3, 0.4) is 0 Å². The summed E-state index contributed by atoms with van der Waals surface area (Å²) in [6.07, 6.45) is -4.66. The monoisotopic (exact) mass is 760 g/mol. The molecular weight excluding hydrogens is 712 g/mol. The van der Waals surface area contributed by atoms with Gasteiger partial charge in [0.2, 0.25) is 0 Å². The summed E-state index contributed by atoms with van der Waals surface area (Å²) in [5, 5.41) is 12.9. The van der Waals surface area contributed by atoms with E-state index >= 15 is 0 Å². The van der Waals surface area contributed by atoms with Crippen molar-refractivity contribution < 1.29 is 27.8 Å². The first-order valence-corrected chi connectivity index (χ1v) is 19.6. The predicted octanol–water partition coefficient (Wildman–Crippen LogP) is 13.1. The van der Waals surface area contributed by atoms with E-state index in [9.17, 15) is 18.3 Å². The molecule has 7 heteroatoms. The van der Waals surface area contributed by atoms with Gasteiger partial charge in [-0.15, -0.1) is 0 Å². The molecule has 55 heavy (non-hydrogen) atoms. The molecule has 284 valence electrons. The summed E-state index contributed by atoms with van der Waals surface area (Å²) >= 11 is 0. The predicted molar refractivity (Wildman–Crippen MR) is 224 cm³/mol. The zero-order valence-electron chi connectivity index (χ0n) is 32.6. The van der Waals surface area contributed by atoms with Crippen molar-refractivity contribution in [2.75, 3.05) is 14.2 Å². The maximum Gasteiger partial charge on any atom is 0.416 e. The Morgan fingerprint density at radius 1 is 0.564 bits per heavy atom. The summed E-state index contributed by atoms with van der Waals surface area (Å²) in [5.41, 5.74) is 8.53. The third kappa shape index (κ3) is 8.02. The summed E-state index contributed by atoms with van der Waals surface area (Å²) < 4.78 is 56.8. The van der Waals surface area contributed by atoms with Crippen molar-refractivity contribution in [1.29, 1.82) is 0 Å². The van der Waals surface area contributed by atoms with Gasteiger partial charge in [-0.25, -0.2) is 0 Å². The van der Waals surface area contributed by atoms with Gasteiger partial charge in [0.1, 0.15) is 17.2 Å². The molecule has 1 N–H and O–H groups in total. The van der Waals surface area contributed by atoms with E-state index in [0.29, 0.717) is 22.4 Å². The van der Waals surface area contributed by atoms with Gasteiger partial charge in [-0.05, 0) is 95.1 Å². The lowest BCUT2D eigenvalue weighted by molar-refractivity contribution is -0.137. The van der Waals surface area contributed by atoms with Crippen LogP contribution in [0.5, 0.6) is 17.2 Å². The highest BCUT2D eigenvalue weighted by atomic mass is 31.1. The van der Waals surface area contributed by atoms with E-state index in [1.165, 1.54) is 7.11 Å². The Bertz CT molecular complexity index is 2210. The Kier molecular flexibility index (Phi) is 11.8. The van der Waals surface area contributed by atoms with E-state index < -0.39 is 20.3 Å². The number of rotatable bonds is 11.